The summed E-state index contributed by atoms with van der Waals surface area (Å²) in [5, 5.41) is 1.18. The van der Waals surface area contributed by atoms with Gasteiger partial charge in [-0.15, -0.1) is 0 Å². The lowest BCUT2D eigenvalue weighted by Crippen LogP contribution is -2.13. The molecule has 0 saturated heterocycles. The molecule has 4 aromatic rings. The van der Waals surface area contributed by atoms with Gasteiger partial charge in [-0.05, 0) is 35.4 Å². The number of fused-ring (bicyclic) bond motifs is 1. The van der Waals surface area contributed by atoms with Gasteiger partial charge in [0.1, 0.15) is 0 Å². The number of sulfonamides is 1. The minimum Gasteiger partial charge on any atom is -0.285 e. The fraction of sp³-hybridized carbons (Fsp3) is 0. The normalized spacial score (nSPS) is 11.5. The average molecular weight is 439 g/mol. The van der Waals surface area contributed by atoms with E-state index < -0.39 is 20.9 Å². The Morgan fingerprint density at radius 3 is 1.77 bits per heavy atom. The Labute approximate surface area is 176 Å². The molecule has 0 fully saturated rings. The van der Waals surface area contributed by atoms with Crippen LogP contribution in [0.15, 0.2) is 95.9 Å². The summed E-state index contributed by atoms with van der Waals surface area (Å²) < 4.78 is 53.0. The van der Waals surface area contributed by atoms with E-state index in [4.69, 9.17) is 0 Å². The molecule has 0 aliphatic carbocycles. The van der Waals surface area contributed by atoms with Crippen LogP contribution in [0.4, 0.5) is 11.4 Å². The van der Waals surface area contributed by atoms with Gasteiger partial charge in [-0.1, -0.05) is 66.7 Å². The van der Waals surface area contributed by atoms with E-state index in [1.165, 1.54) is 6.07 Å². The summed E-state index contributed by atoms with van der Waals surface area (Å²) >= 11 is 0. The summed E-state index contributed by atoms with van der Waals surface area (Å²) in [7, 11) is -6.66. The predicted octanol–water partition coefficient (Wildman–Crippen LogP) is 4.25. The summed E-state index contributed by atoms with van der Waals surface area (Å²) in [5.41, 5.74) is 2.67. The van der Waals surface area contributed by atoms with Crippen molar-refractivity contribution in [2.24, 2.45) is 0 Å². The van der Waals surface area contributed by atoms with Gasteiger partial charge in [0.05, 0.1) is 16.3 Å². The van der Waals surface area contributed by atoms with Crippen LogP contribution in [0.3, 0.4) is 0 Å². The third kappa shape index (κ3) is 4.14. The highest BCUT2D eigenvalue weighted by Crippen LogP contribution is 2.31. The molecule has 0 amide bonds. The van der Waals surface area contributed by atoms with Crippen LogP contribution in [0.2, 0.25) is 0 Å². The second-order valence-corrected chi connectivity index (χ2v) is 8.99. The van der Waals surface area contributed by atoms with E-state index in [1.54, 1.807) is 54.6 Å². The fourth-order valence-corrected chi connectivity index (χ4v) is 4.72. The van der Waals surface area contributed by atoms with Gasteiger partial charge in [-0.25, -0.2) is 16.8 Å². The zero-order chi connectivity index (χ0) is 21.1. The van der Waals surface area contributed by atoms with Gasteiger partial charge in [0.25, 0.3) is 10.0 Å². The summed E-state index contributed by atoms with van der Waals surface area (Å²) in [6, 6.07) is 26.4. The maximum Gasteiger partial charge on any atom is 0.261 e. The third-order valence-corrected chi connectivity index (χ3v) is 6.46. The number of anilines is 2. The summed E-state index contributed by atoms with van der Waals surface area (Å²) in [6.45, 7) is 0. The first kappa shape index (κ1) is 19.9. The topological polar surface area (TPSA) is 92.3 Å². The molecule has 0 aliphatic rings. The molecule has 0 aliphatic heterocycles. The largest absolute Gasteiger partial charge is 0.285 e. The van der Waals surface area contributed by atoms with Crippen molar-refractivity contribution in [3.05, 3.63) is 91.0 Å². The van der Waals surface area contributed by atoms with Crippen LogP contribution in [0.1, 0.15) is 0 Å². The van der Waals surface area contributed by atoms with Crippen LogP contribution in [-0.4, -0.2) is 16.8 Å². The molecule has 30 heavy (non-hydrogen) atoms. The second-order valence-electron chi connectivity index (χ2n) is 6.57. The van der Waals surface area contributed by atoms with E-state index in [9.17, 15) is 16.8 Å². The molecule has 4 rings (SSSR count). The third-order valence-electron chi connectivity index (χ3n) is 4.65. The first-order valence-electron chi connectivity index (χ1n) is 9.05. The molecule has 0 aromatic heterocycles. The average Bonchev–Trinajstić information content (AvgIpc) is 2.76. The smallest absolute Gasteiger partial charge is 0.261 e. The summed E-state index contributed by atoms with van der Waals surface area (Å²) in [6.07, 6.45) is 0. The van der Waals surface area contributed by atoms with Crippen molar-refractivity contribution in [2.75, 3.05) is 9.44 Å². The molecule has 0 bridgehead atoms. The number of hydrogen-bond acceptors (Lipinski definition) is 4. The lowest BCUT2D eigenvalue weighted by atomic mass is 10.1. The summed E-state index contributed by atoms with van der Waals surface area (Å²) in [5.74, 6) is 0. The Morgan fingerprint density at radius 1 is 0.600 bits per heavy atom. The van der Waals surface area contributed by atoms with E-state index in [0.29, 0.717) is 22.1 Å². The van der Waals surface area contributed by atoms with Crippen molar-refractivity contribution in [1.82, 2.24) is 0 Å². The molecule has 0 saturated carbocycles. The molecule has 0 unspecified atom stereocenters. The maximum atomic E-state index is 12.9. The minimum atomic E-state index is -3.83. The standard InChI is InChI=1S/C22H18N2O4S2/c25-29(26)23-21-14-15-22(20-9-5-4-8-19(20)21)24-30(27,28)18-12-10-17(11-13-18)16-6-2-1-3-7-16/h1-15,24,29H,(H,23,25,26). The van der Waals surface area contributed by atoms with Crippen molar-refractivity contribution < 1.29 is 16.8 Å². The van der Waals surface area contributed by atoms with Crippen molar-refractivity contribution in [3.8, 4) is 11.1 Å². The Morgan fingerprint density at radius 2 is 1.13 bits per heavy atom. The quantitative estimate of drug-likeness (QED) is 0.393. The number of thiol groups is 1. The number of hydrogen-bond donors (Lipinski definition) is 3. The number of rotatable bonds is 6. The molecular weight excluding hydrogens is 420 g/mol. The predicted molar refractivity (Wildman–Crippen MR) is 121 cm³/mol. The van der Waals surface area contributed by atoms with Crippen LogP contribution < -0.4 is 9.44 Å². The van der Waals surface area contributed by atoms with Crippen LogP contribution in [0.5, 0.6) is 0 Å². The van der Waals surface area contributed by atoms with Crippen LogP contribution >= 0.6 is 0 Å². The number of benzene rings is 4. The molecule has 152 valence electrons. The highest BCUT2D eigenvalue weighted by molar-refractivity contribution is 7.92. The molecular formula is C22H18N2O4S2. The minimum absolute atomic E-state index is 0.135. The Hall–Kier alpha value is -3.36. The highest BCUT2D eigenvalue weighted by Gasteiger charge is 2.16. The second kappa shape index (κ2) is 8.17. The van der Waals surface area contributed by atoms with Gasteiger partial charge in [-0.3, -0.25) is 9.44 Å². The van der Waals surface area contributed by atoms with Gasteiger partial charge in [0, 0.05) is 10.8 Å². The monoisotopic (exact) mass is 438 g/mol. The first-order chi connectivity index (χ1) is 14.4. The zero-order valence-electron chi connectivity index (χ0n) is 15.6. The Balaban J connectivity index is 1.68. The maximum absolute atomic E-state index is 12.9. The van der Waals surface area contributed by atoms with Crippen molar-refractivity contribution >= 4 is 43.1 Å². The SMILES string of the molecule is O=[SH](=O)Nc1ccc(NS(=O)(=O)c2ccc(-c3ccccc3)cc2)c2ccccc12. The first-order valence-corrected chi connectivity index (χ1v) is 11.7. The van der Waals surface area contributed by atoms with Crippen LogP contribution in [0, 0.1) is 0 Å². The fourth-order valence-electron chi connectivity index (χ4n) is 3.24. The molecule has 6 nitrogen and oxygen atoms in total. The zero-order valence-corrected chi connectivity index (χ0v) is 17.4. The molecule has 0 spiro atoms. The van der Waals surface area contributed by atoms with Gasteiger partial charge >= 0.3 is 0 Å². The molecule has 0 radical (unpaired) electrons. The van der Waals surface area contributed by atoms with Gasteiger partial charge < -0.3 is 0 Å². The van der Waals surface area contributed by atoms with Crippen molar-refractivity contribution in [2.45, 2.75) is 4.90 Å². The Kier molecular flexibility index (Phi) is 5.43. The van der Waals surface area contributed by atoms with Crippen molar-refractivity contribution in [1.29, 1.82) is 0 Å². The van der Waals surface area contributed by atoms with E-state index in [2.05, 4.69) is 9.44 Å². The van der Waals surface area contributed by atoms with E-state index in [-0.39, 0.29) is 4.90 Å². The van der Waals surface area contributed by atoms with E-state index in [1.807, 2.05) is 30.3 Å². The summed E-state index contributed by atoms with van der Waals surface area (Å²) in [4.78, 5) is 0.135. The lowest BCUT2D eigenvalue weighted by Gasteiger charge is -2.13. The number of nitrogens with one attached hydrogen (secondary N) is 2. The molecule has 0 atom stereocenters. The van der Waals surface area contributed by atoms with Gasteiger partial charge in [-0.2, -0.15) is 0 Å². The molecule has 4 aromatic carbocycles. The van der Waals surface area contributed by atoms with Crippen molar-refractivity contribution in [3.63, 3.8) is 0 Å². The Bertz CT molecular complexity index is 1370. The van der Waals surface area contributed by atoms with E-state index >= 15 is 0 Å². The van der Waals surface area contributed by atoms with Crippen LogP contribution in [-0.2, 0) is 20.9 Å². The molecule has 8 heteroatoms. The molecule has 0 heterocycles. The molecule has 2 N–H and O–H groups in total. The lowest BCUT2D eigenvalue weighted by molar-refractivity contribution is 0.601. The van der Waals surface area contributed by atoms with Gasteiger partial charge in [0.15, 0.2) is 0 Å². The highest BCUT2D eigenvalue weighted by atomic mass is 32.2. The van der Waals surface area contributed by atoms with Gasteiger partial charge in [0.2, 0.25) is 10.9 Å². The van der Waals surface area contributed by atoms with E-state index in [0.717, 1.165) is 11.1 Å². The van der Waals surface area contributed by atoms with Crippen LogP contribution in [0.25, 0.3) is 21.9 Å².